The molecule has 0 aromatic rings. The van der Waals surface area contributed by atoms with Crippen molar-refractivity contribution in [1.29, 1.82) is 0 Å². The van der Waals surface area contributed by atoms with Crippen molar-refractivity contribution in [2.75, 3.05) is 6.61 Å². The number of hydrogen-bond acceptors (Lipinski definition) is 7. The highest BCUT2D eigenvalue weighted by molar-refractivity contribution is 5.88. The third kappa shape index (κ3) is 5.21. The van der Waals surface area contributed by atoms with Gasteiger partial charge in [0.05, 0.1) is 0 Å². The maximum atomic E-state index is 11.3. The molecular formula is C12H18O7. The first kappa shape index (κ1) is 17.3. The van der Waals surface area contributed by atoms with Gasteiger partial charge in [0, 0.05) is 24.2 Å². The van der Waals surface area contributed by atoms with Crippen LogP contribution in [-0.2, 0) is 19.1 Å². The Bertz CT molecular complexity index is 358. The zero-order valence-corrected chi connectivity index (χ0v) is 10.9. The number of esters is 2. The first-order valence-corrected chi connectivity index (χ1v) is 5.43. The molecule has 0 amide bonds. The van der Waals surface area contributed by atoms with Gasteiger partial charge in [-0.1, -0.05) is 13.2 Å². The first-order valence-electron chi connectivity index (χ1n) is 5.43. The van der Waals surface area contributed by atoms with Crippen molar-refractivity contribution in [2.24, 2.45) is 0 Å². The van der Waals surface area contributed by atoms with E-state index in [1.54, 1.807) is 0 Å². The zero-order chi connectivity index (χ0) is 15.2. The average Bonchev–Trinajstić information content (AvgIpc) is 2.28. The van der Waals surface area contributed by atoms with Gasteiger partial charge in [-0.25, -0.2) is 9.59 Å². The number of aliphatic hydroxyl groups excluding tert-OH is 2. The molecule has 1 atom stereocenters. The lowest BCUT2D eigenvalue weighted by molar-refractivity contribution is -0.359. The van der Waals surface area contributed by atoms with E-state index in [9.17, 15) is 19.8 Å². The molecule has 0 aliphatic rings. The topological polar surface area (TPSA) is 113 Å². The largest absolute Gasteiger partial charge is 0.401 e. The molecule has 19 heavy (non-hydrogen) atoms. The second kappa shape index (κ2) is 7.03. The minimum absolute atomic E-state index is 0.0685. The van der Waals surface area contributed by atoms with Crippen LogP contribution in [0.5, 0.6) is 0 Å². The fraction of sp³-hybridized carbons (Fsp3) is 0.500. The van der Waals surface area contributed by atoms with Crippen molar-refractivity contribution in [3.63, 3.8) is 0 Å². The molecule has 0 bridgehead atoms. The molecule has 0 aliphatic heterocycles. The first-order chi connectivity index (χ1) is 8.64. The quantitative estimate of drug-likeness (QED) is 0.329. The molecule has 0 heterocycles. The second-order valence-corrected chi connectivity index (χ2v) is 4.00. The number of hydrogen-bond donors (Lipinski definition) is 3. The summed E-state index contributed by atoms with van der Waals surface area (Å²) in [6.45, 7) is 8.67. The summed E-state index contributed by atoms with van der Waals surface area (Å²) in [6.07, 6.45) is -2.19. The Labute approximate surface area is 110 Å². The lowest BCUT2D eigenvalue weighted by Gasteiger charge is -2.30. The van der Waals surface area contributed by atoms with Crippen molar-refractivity contribution >= 4 is 11.9 Å². The van der Waals surface area contributed by atoms with Gasteiger partial charge in [0.2, 0.25) is 0 Å². The van der Waals surface area contributed by atoms with Crippen LogP contribution in [0.4, 0.5) is 0 Å². The molecule has 0 aliphatic carbocycles. The summed E-state index contributed by atoms with van der Waals surface area (Å²) < 4.78 is 9.01. The summed E-state index contributed by atoms with van der Waals surface area (Å²) in [4.78, 5) is 22.7. The summed E-state index contributed by atoms with van der Waals surface area (Å²) in [5, 5.41) is 28.2. The van der Waals surface area contributed by atoms with Gasteiger partial charge >= 0.3 is 17.9 Å². The van der Waals surface area contributed by atoms with Gasteiger partial charge in [-0.05, 0) is 13.8 Å². The van der Waals surface area contributed by atoms with Gasteiger partial charge in [0.1, 0.15) is 0 Å². The maximum absolute atomic E-state index is 11.3. The van der Waals surface area contributed by atoms with Crippen molar-refractivity contribution in [3.8, 4) is 0 Å². The lowest BCUT2D eigenvalue weighted by atomic mass is 10.2. The van der Waals surface area contributed by atoms with Crippen molar-refractivity contribution in [1.82, 2.24) is 0 Å². The van der Waals surface area contributed by atoms with Crippen LogP contribution in [0, 0.1) is 0 Å². The Morgan fingerprint density at radius 2 is 1.53 bits per heavy atom. The molecule has 7 nitrogen and oxygen atoms in total. The molecular weight excluding hydrogens is 256 g/mol. The predicted octanol–water partition coefficient (Wildman–Crippen LogP) is -0.386. The van der Waals surface area contributed by atoms with Gasteiger partial charge in [-0.3, -0.25) is 0 Å². The van der Waals surface area contributed by atoms with Crippen LogP contribution in [0.1, 0.15) is 20.3 Å². The maximum Gasteiger partial charge on any atom is 0.401 e. The smallest absolute Gasteiger partial charge is 0.396 e. The van der Waals surface area contributed by atoms with Crippen molar-refractivity contribution in [2.45, 2.75) is 32.3 Å². The van der Waals surface area contributed by atoms with Gasteiger partial charge in [0.25, 0.3) is 0 Å². The summed E-state index contributed by atoms with van der Waals surface area (Å²) in [5.41, 5.74) is -0.137. The molecule has 0 radical (unpaired) electrons. The Morgan fingerprint density at radius 3 is 1.79 bits per heavy atom. The molecule has 0 rings (SSSR count). The highest BCUT2D eigenvalue weighted by Gasteiger charge is 2.44. The Morgan fingerprint density at radius 1 is 1.16 bits per heavy atom. The fourth-order valence-corrected chi connectivity index (χ4v) is 0.901. The molecule has 0 saturated heterocycles. The Balaban J connectivity index is 5.11. The molecule has 0 saturated carbocycles. The minimum atomic E-state index is -2.91. The fourth-order valence-electron chi connectivity index (χ4n) is 0.901. The predicted molar refractivity (Wildman–Crippen MR) is 64.5 cm³/mol. The molecule has 1 unspecified atom stereocenters. The molecule has 3 N–H and O–H groups in total. The number of carbonyl (C=O) groups excluding carboxylic acids is 2. The molecule has 108 valence electrons. The zero-order valence-electron chi connectivity index (χ0n) is 10.9. The Hall–Kier alpha value is -1.70. The minimum Gasteiger partial charge on any atom is -0.396 e. The van der Waals surface area contributed by atoms with Crippen LogP contribution in [0.25, 0.3) is 0 Å². The molecule has 7 heteroatoms. The van der Waals surface area contributed by atoms with E-state index in [0.29, 0.717) is 0 Å². The van der Waals surface area contributed by atoms with Gasteiger partial charge < -0.3 is 24.8 Å². The monoisotopic (exact) mass is 274 g/mol. The van der Waals surface area contributed by atoms with Gasteiger partial charge in [0.15, 0.2) is 6.10 Å². The van der Waals surface area contributed by atoms with Crippen molar-refractivity contribution < 1.29 is 34.4 Å². The van der Waals surface area contributed by atoms with E-state index in [-0.39, 0.29) is 17.6 Å². The summed E-state index contributed by atoms with van der Waals surface area (Å²) in [7, 11) is 0. The summed E-state index contributed by atoms with van der Waals surface area (Å²) in [5.74, 6) is -5.03. The van der Waals surface area contributed by atoms with Crippen LogP contribution in [0.15, 0.2) is 24.3 Å². The number of ether oxygens (including phenoxy) is 2. The summed E-state index contributed by atoms with van der Waals surface area (Å²) >= 11 is 0. The normalized spacial score (nSPS) is 12.5. The highest BCUT2D eigenvalue weighted by Crippen LogP contribution is 2.20. The van der Waals surface area contributed by atoms with Gasteiger partial charge in [-0.2, -0.15) is 0 Å². The van der Waals surface area contributed by atoms with E-state index in [4.69, 9.17) is 5.11 Å². The van der Waals surface area contributed by atoms with E-state index in [0.717, 1.165) is 0 Å². The van der Waals surface area contributed by atoms with Crippen LogP contribution in [0.2, 0.25) is 0 Å². The SMILES string of the molecule is C=C(C)C(=O)OC(O)(OC(=O)C(=C)C)C(O)CCO. The second-order valence-electron chi connectivity index (χ2n) is 4.00. The van der Waals surface area contributed by atoms with E-state index in [1.165, 1.54) is 13.8 Å². The molecule has 0 spiro atoms. The molecule has 0 fully saturated rings. The van der Waals surface area contributed by atoms with E-state index in [1.807, 2.05) is 0 Å². The molecule has 0 aromatic carbocycles. The van der Waals surface area contributed by atoms with Gasteiger partial charge in [-0.15, -0.1) is 0 Å². The van der Waals surface area contributed by atoms with E-state index in [2.05, 4.69) is 22.6 Å². The number of aliphatic hydroxyl groups is 3. The van der Waals surface area contributed by atoms with Crippen LogP contribution in [0.3, 0.4) is 0 Å². The van der Waals surface area contributed by atoms with E-state index < -0.39 is 30.6 Å². The van der Waals surface area contributed by atoms with Crippen LogP contribution < -0.4 is 0 Å². The standard InChI is InChI=1S/C12H18O7/c1-7(2)10(15)18-12(17,9(14)5-6-13)19-11(16)8(3)4/h9,13-14,17H,1,3,5-6H2,2,4H3. The van der Waals surface area contributed by atoms with Crippen molar-refractivity contribution in [3.05, 3.63) is 24.3 Å². The average molecular weight is 274 g/mol. The highest BCUT2D eigenvalue weighted by atomic mass is 16.8. The van der Waals surface area contributed by atoms with Crippen LogP contribution in [-0.4, -0.2) is 45.9 Å². The third-order valence-electron chi connectivity index (χ3n) is 2.00. The number of carbonyl (C=O) groups is 2. The lowest BCUT2D eigenvalue weighted by Crippen LogP contribution is -2.50. The molecule has 0 aromatic heterocycles. The van der Waals surface area contributed by atoms with Crippen LogP contribution >= 0.6 is 0 Å². The van der Waals surface area contributed by atoms with E-state index >= 15 is 0 Å². The number of rotatable bonds is 7. The third-order valence-corrected chi connectivity index (χ3v) is 2.00. The summed E-state index contributed by atoms with van der Waals surface area (Å²) in [6, 6.07) is 0. The Kier molecular flexibility index (Phi) is 6.40.